The van der Waals surface area contributed by atoms with Gasteiger partial charge in [0.05, 0.1) is 15.6 Å². The fourth-order valence-electron chi connectivity index (χ4n) is 3.28. The van der Waals surface area contributed by atoms with E-state index in [1.165, 1.54) is 6.42 Å². The van der Waals surface area contributed by atoms with Gasteiger partial charge in [0.2, 0.25) is 0 Å². The average molecular weight is 317 g/mol. The number of hydrogen-bond donors (Lipinski definition) is 1. The van der Waals surface area contributed by atoms with E-state index in [1.807, 2.05) is 13.0 Å². The van der Waals surface area contributed by atoms with Crippen LogP contribution in [0.4, 0.5) is 0 Å². The lowest BCUT2D eigenvalue weighted by molar-refractivity contribution is -0.150. The van der Waals surface area contributed by atoms with Crippen molar-refractivity contribution >= 4 is 23.2 Å². The second kappa shape index (κ2) is 6.65. The summed E-state index contributed by atoms with van der Waals surface area (Å²) in [5.41, 5.74) is 0.283. The molecular formula is C16H22Cl2O2. The minimum atomic E-state index is -0.667. The molecule has 0 heterocycles. The van der Waals surface area contributed by atoms with Crippen molar-refractivity contribution in [2.24, 2.45) is 5.92 Å². The third kappa shape index (κ3) is 3.30. The molecule has 0 bridgehead atoms. The van der Waals surface area contributed by atoms with Crippen molar-refractivity contribution in [2.45, 2.75) is 51.2 Å². The molecule has 1 aliphatic rings. The quantitative estimate of drug-likeness (QED) is 0.845. The van der Waals surface area contributed by atoms with Crippen LogP contribution in [0.15, 0.2) is 18.2 Å². The molecule has 1 aliphatic carbocycles. The fourth-order valence-corrected chi connectivity index (χ4v) is 3.58. The first-order valence-corrected chi connectivity index (χ1v) is 8.01. The highest BCUT2D eigenvalue weighted by Crippen LogP contribution is 2.44. The Morgan fingerprint density at radius 3 is 2.75 bits per heavy atom. The van der Waals surface area contributed by atoms with E-state index in [0.717, 1.165) is 24.8 Å². The molecule has 0 spiro atoms. The van der Waals surface area contributed by atoms with Gasteiger partial charge < -0.3 is 9.84 Å². The highest BCUT2D eigenvalue weighted by atomic mass is 35.5. The Hall–Kier alpha value is -0.280. The Labute approximate surface area is 131 Å². The van der Waals surface area contributed by atoms with Gasteiger partial charge in [-0.25, -0.2) is 0 Å². The number of hydrogen-bond acceptors (Lipinski definition) is 2. The molecule has 0 saturated heterocycles. The van der Waals surface area contributed by atoms with Gasteiger partial charge in [-0.3, -0.25) is 0 Å². The van der Waals surface area contributed by atoms with Crippen molar-refractivity contribution in [3.8, 4) is 0 Å². The zero-order valence-electron chi connectivity index (χ0n) is 12.0. The average Bonchev–Trinajstić information content (AvgIpc) is 2.41. The number of ether oxygens (including phenoxy) is 1. The lowest BCUT2D eigenvalue weighted by Crippen LogP contribution is -2.43. The predicted molar refractivity (Wildman–Crippen MR) is 83.4 cm³/mol. The highest BCUT2D eigenvalue weighted by molar-refractivity contribution is 6.42. The van der Waals surface area contributed by atoms with Gasteiger partial charge in [0.25, 0.3) is 0 Å². The molecule has 1 saturated carbocycles. The van der Waals surface area contributed by atoms with Crippen molar-refractivity contribution in [1.82, 2.24) is 0 Å². The van der Waals surface area contributed by atoms with Gasteiger partial charge in [-0.2, -0.15) is 0 Å². The summed E-state index contributed by atoms with van der Waals surface area (Å²) in [6.07, 6.45) is 3.37. The summed E-state index contributed by atoms with van der Waals surface area (Å²) in [7, 11) is 0. The molecule has 2 nitrogen and oxygen atoms in total. The van der Waals surface area contributed by atoms with Crippen LogP contribution in [0.25, 0.3) is 0 Å². The minimum absolute atomic E-state index is 0.471. The summed E-state index contributed by atoms with van der Waals surface area (Å²) in [5.74, 6) is 0.563. The van der Waals surface area contributed by atoms with Crippen LogP contribution in [0.1, 0.15) is 51.2 Å². The van der Waals surface area contributed by atoms with Gasteiger partial charge in [0, 0.05) is 6.61 Å². The van der Waals surface area contributed by atoms with Crippen molar-refractivity contribution < 1.29 is 9.84 Å². The molecule has 0 aromatic heterocycles. The predicted octanol–water partition coefficient (Wildman–Crippen LogP) is 5.01. The van der Waals surface area contributed by atoms with Gasteiger partial charge in [0.1, 0.15) is 6.10 Å². The van der Waals surface area contributed by atoms with Crippen LogP contribution < -0.4 is 0 Å². The summed E-state index contributed by atoms with van der Waals surface area (Å²) in [6.45, 7) is 4.79. The maximum Gasteiger partial charge on any atom is 0.108 e. The van der Waals surface area contributed by atoms with Crippen molar-refractivity contribution in [2.75, 3.05) is 6.61 Å². The third-order valence-corrected chi connectivity index (χ3v) is 4.92. The minimum Gasteiger partial charge on any atom is -0.385 e. The van der Waals surface area contributed by atoms with E-state index in [-0.39, 0.29) is 0 Å². The van der Waals surface area contributed by atoms with E-state index in [9.17, 15) is 5.11 Å². The number of aliphatic hydroxyl groups is 1. The number of benzene rings is 1. The van der Waals surface area contributed by atoms with Crippen LogP contribution in [0.2, 0.25) is 10.0 Å². The summed E-state index contributed by atoms with van der Waals surface area (Å²) in [4.78, 5) is 0. The molecule has 1 fully saturated rings. The maximum atomic E-state index is 10.8. The van der Waals surface area contributed by atoms with Crippen molar-refractivity contribution in [1.29, 1.82) is 0 Å². The molecule has 1 aromatic carbocycles. The first-order valence-electron chi connectivity index (χ1n) is 7.25. The zero-order valence-corrected chi connectivity index (χ0v) is 13.5. The lowest BCUT2D eigenvalue weighted by atomic mass is 9.74. The van der Waals surface area contributed by atoms with E-state index in [2.05, 4.69) is 6.92 Å². The molecule has 0 amide bonds. The maximum absolute atomic E-state index is 10.8. The summed E-state index contributed by atoms with van der Waals surface area (Å²) >= 11 is 12.0. The van der Waals surface area contributed by atoms with Crippen LogP contribution in [-0.2, 0) is 4.74 Å². The summed E-state index contributed by atoms with van der Waals surface area (Å²) in [6, 6.07) is 5.31. The Morgan fingerprint density at radius 2 is 2.15 bits per heavy atom. The van der Waals surface area contributed by atoms with Gasteiger partial charge in [-0.05, 0) is 43.4 Å². The first kappa shape index (κ1) is 16.1. The standard InChI is InChI=1S/C16H22Cl2O2/c1-3-20-16(8-4-5-11(2)10-16)15(19)12-6-7-13(17)14(18)9-12/h6-7,9,11,15,19H,3-5,8,10H2,1-2H3. The van der Waals surface area contributed by atoms with Crippen LogP contribution in [-0.4, -0.2) is 17.3 Å². The molecule has 0 radical (unpaired) electrons. The number of halogens is 2. The number of aliphatic hydroxyl groups excluding tert-OH is 1. The molecule has 0 aliphatic heterocycles. The Morgan fingerprint density at radius 1 is 1.40 bits per heavy atom. The SMILES string of the molecule is CCOC1(C(O)c2ccc(Cl)c(Cl)c2)CCCC(C)C1. The molecule has 20 heavy (non-hydrogen) atoms. The molecule has 1 N–H and O–H groups in total. The second-order valence-electron chi connectivity index (χ2n) is 5.78. The molecule has 1 aromatic rings. The molecule has 3 unspecified atom stereocenters. The van der Waals surface area contributed by atoms with Gasteiger partial charge in [0.15, 0.2) is 0 Å². The molecule has 3 atom stereocenters. The summed E-state index contributed by atoms with van der Waals surface area (Å²) in [5, 5.41) is 11.8. The second-order valence-corrected chi connectivity index (χ2v) is 6.59. The topological polar surface area (TPSA) is 29.5 Å². The lowest BCUT2D eigenvalue weighted by Gasteiger charge is -2.43. The molecule has 4 heteroatoms. The number of rotatable bonds is 4. The fraction of sp³-hybridized carbons (Fsp3) is 0.625. The van der Waals surface area contributed by atoms with E-state index >= 15 is 0 Å². The zero-order chi connectivity index (χ0) is 14.8. The van der Waals surface area contributed by atoms with E-state index in [1.54, 1.807) is 12.1 Å². The van der Waals surface area contributed by atoms with E-state index in [0.29, 0.717) is 22.6 Å². The van der Waals surface area contributed by atoms with Gasteiger partial charge in [-0.15, -0.1) is 0 Å². The Kier molecular flexibility index (Phi) is 5.36. The third-order valence-electron chi connectivity index (χ3n) is 4.18. The van der Waals surface area contributed by atoms with Crippen molar-refractivity contribution in [3.05, 3.63) is 33.8 Å². The highest BCUT2D eigenvalue weighted by Gasteiger charge is 2.42. The molecule has 2 rings (SSSR count). The van der Waals surface area contributed by atoms with Crippen LogP contribution >= 0.6 is 23.2 Å². The Bertz CT molecular complexity index is 460. The largest absolute Gasteiger partial charge is 0.385 e. The molecule has 112 valence electrons. The van der Waals surface area contributed by atoms with Crippen LogP contribution in [0, 0.1) is 5.92 Å². The smallest absolute Gasteiger partial charge is 0.108 e. The van der Waals surface area contributed by atoms with Crippen LogP contribution in [0.5, 0.6) is 0 Å². The van der Waals surface area contributed by atoms with E-state index < -0.39 is 11.7 Å². The summed E-state index contributed by atoms with van der Waals surface area (Å²) < 4.78 is 6.00. The Balaban J connectivity index is 2.30. The monoisotopic (exact) mass is 316 g/mol. The van der Waals surface area contributed by atoms with Gasteiger partial charge in [-0.1, -0.05) is 49.0 Å². The van der Waals surface area contributed by atoms with Crippen molar-refractivity contribution in [3.63, 3.8) is 0 Å². The van der Waals surface area contributed by atoms with E-state index in [4.69, 9.17) is 27.9 Å². The van der Waals surface area contributed by atoms with Gasteiger partial charge >= 0.3 is 0 Å². The normalized spacial score (nSPS) is 28.4. The van der Waals surface area contributed by atoms with Crippen LogP contribution in [0.3, 0.4) is 0 Å². The molecular weight excluding hydrogens is 295 g/mol. The first-order chi connectivity index (χ1) is 9.48.